The molecule has 0 aliphatic heterocycles. The van der Waals surface area contributed by atoms with Gasteiger partial charge in [-0.1, -0.05) is 223 Å². The van der Waals surface area contributed by atoms with E-state index in [2.05, 4.69) is 74.7 Å². The molecular weight excluding hydrogens is 767 g/mol. The Morgan fingerprint density at radius 1 is 0.468 bits per heavy atom. The third-order valence-corrected chi connectivity index (χ3v) is 12.1. The Labute approximate surface area is 385 Å². The second-order valence-corrected chi connectivity index (χ2v) is 18.3. The van der Waals surface area contributed by atoms with E-state index in [0.29, 0.717) is 19.3 Å². The number of rotatable bonds is 48. The maximum atomic E-state index is 13.2. The summed E-state index contributed by atoms with van der Waals surface area (Å²) in [6.07, 6.45) is 60.2. The van der Waals surface area contributed by atoms with Crippen LogP contribution in [0.3, 0.4) is 0 Å². The fourth-order valence-electron chi connectivity index (χ4n) is 8.01. The quantitative estimate of drug-likeness (QED) is 0.0322. The topological polar surface area (TPSA) is 95.9 Å². The van der Waals surface area contributed by atoms with Crippen LogP contribution in [0.25, 0.3) is 0 Å². The number of allylic oxidation sites excluding steroid dienone is 8. The second kappa shape index (κ2) is 49.8. The molecule has 62 heavy (non-hydrogen) atoms. The summed E-state index contributed by atoms with van der Waals surface area (Å²) in [6.45, 7) is 6.42. The van der Waals surface area contributed by atoms with Gasteiger partial charge >= 0.3 is 5.97 Å². The first-order valence-corrected chi connectivity index (χ1v) is 26.9. The molecule has 6 heteroatoms. The van der Waals surface area contributed by atoms with Crippen molar-refractivity contribution in [3.8, 4) is 0 Å². The number of esters is 1. The molecular formula is C56H103NO5. The van der Waals surface area contributed by atoms with E-state index in [-0.39, 0.29) is 24.9 Å². The van der Waals surface area contributed by atoms with E-state index in [1.807, 2.05) is 0 Å². The molecule has 0 fully saturated rings. The molecule has 0 radical (unpaired) electrons. The van der Waals surface area contributed by atoms with Crippen molar-refractivity contribution in [1.82, 2.24) is 5.32 Å². The van der Waals surface area contributed by atoms with E-state index in [0.717, 1.165) is 89.9 Å². The number of unbranched alkanes of at least 4 members (excludes halogenated alkanes) is 28. The average Bonchev–Trinajstić information content (AvgIpc) is 3.26. The van der Waals surface area contributed by atoms with Crippen molar-refractivity contribution in [2.45, 2.75) is 289 Å². The van der Waals surface area contributed by atoms with Gasteiger partial charge in [0.25, 0.3) is 0 Å². The van der Waals surface area contributed by atoms with Crippen LogP contribution in [0.5, 0.6) is 0 Å². The first-order chi connectivity index (χ1) is 30.5. The highest BCUT2D eigenvalue weighted by atomic mass is 16.5. The smallest absolute Gasteiger partial charge is 0.306 e. The third-order valence-electron chi connectivity index (χ3n) is 12.1. The standard InChI is InChI=1S/C56H103NO5/c1-4-7-10-13-16-19-22-24-26-27-29-30-33-35-38-41-44-47-52(62-56(61)49-46-43-40-37-32-21-18-15-12-9-6-3)50-55(60)57-53(51-58)54(59)48-45-42-39-36-34-31-28-25-23-20-17-14-11-8-5-2/h15-16,18-19,24,26,29-30,52-54,58-59H,4-14,17,20-23,25,27-28,31-51H2,1-3H3,(H,57,60)/b18-15-,19-16-,26-24-,30-29-. The fourth-order valence-corrected chi connectivity index (χ4v) is 8.01. The first-order valence-electron chi connectivity index (χ1n) is 26.9. The molecule has 0 aromatic heterocycles. The van der Waals surface area contributed by atoms with Crippen molar-refractivity contribution < 1.29 is 24.5 Å². The molecule has 3 atom stereocenters. The molecule has 0 rings (SSSR count). The van der Waals surface area contributed by atoms with Crippen molar-refractivity contribution in [3.05, 3.63) is 48.6 Å². The number of aliphatic hydroxyl groups is 2. The van der Waals surface area contributed by atoms with Gasteiger partial charge in [-0.25, -0.2) is 0 Å². The van der Waals surface area contributed by atoms with Crippen molar-refractivity contribution in [3.63, 3.8) is 0 Å². The number of carbonyl (C=O) groups is 2. The molecule has 0 heterocycles. The Kier molecular flexibility index (Phi) is 48.1. The van der Waals surface area contributed by atoms with Crippen LogP contribution in [0.2, 0.25) is 0 Å². The maximum absolute atomic E-state index is 13.2. The average molecular weight is 870 g/mol. The first kappa shape index (κ1) is 59.8. The highest BCUT2D eigenvalue weighted by Crippen LogP contribution is 2.18. The molecule has 362 valence electrons. The third kappa shape index (κ3) is 44.4. The number of hydrogen-bond donors (Lipinski definition) is 3. The van der Waals surface area contributed by atoms with E-state index in [1.165, 1.54) is 135 Å². The molecule has 0 saturated heterocycles. The lowest BCUT2D eigenvalue weighted by Gasteiger charge is -2.24. The lowest BCUT2D eigenvalue weighted by Crippen LogP contribution is -2.46. The Bertz CT molecular complexity index is 1070. The van der Waals surface area contributed by atoms with Crippen molar-refractivity contribution in [2.75, 3.05) is 6.61 Å². The summed E-state index contributed by atoms with van der Waals surface area (Å²) >= 11 is 0. The van der Waals surface area contributed by atoms with E-state index < -0.39 is 18.2 Å². The minimum atomic E-state index is -0.795. The SMILES string of the molecule is CCCC/C=C\CCCCCCCC(=O)OC(CCCCCC/C=C\C/C=C\C/C=C\CCCCC)CC(=O)NC(CO)C(O)CCCCCCCCCCCCCCCCC. The molecule has 6 nitrogen and oxygen atoms in total. The normalized spacial score (nSPS) is 13.6. The molecule has 0 aromatic rings. The van der Waals surface area contributed by atoms with E-state index in [9.17, 15) is 19.8 Å². The Hall–Kier alpha value is -2.18. The zero-order valence-electron chi connectivity index (χ0n) is 41.3. The number of amides is 1. The van der Waals surface area contributed by atoms with Gasteiger partial charge in [0.1, 0.15) is 6.10 Å². The zero-order chi connectivity index (χ0) is 45.2. The van der Waals surface area contributed by atoms with Crippen LogP contribution in [-0.2, 0) is 14.3 Å². The van der Waals surface area contributed by atoms with Gasteiger partial charge in [-0.3, -0.25) is 9.59 Å². The van der Waals surface area contributed by atoms with E-state index in [1.54, 1.807) is 0 Å². The van der Waals surface area contributed by atoms with Gasteiger partial charge in [-0.15, -0.1) is 0 Å². The van der Waals surface area contributed by atoms with Crippen LogP contribution >= 0.6 is 0 Å². The summed E-state index contributed by atoms with van der Waals surface area (Å²) in [5.41, 5.74) is 0. The summed E-state index contributed by atoms with van der Waals surface area (Å²) in [6, 6.07) is -0.710. The minimum Gasteiger partial charge on any atom is -0.462 e. The van der Waals surface area contributed by atoms with Gasteiger partial charge in [0, 0.05) is 6.42 Å². The summed E-state index contributed by atoms with van der Waals surface area (Å²) < 4.78 is 5.92. The molecule has 0 saturated carbocycles. The van der Waals surface area contributed by atoms with E-state index in [4.69, 9.17) is 4.74 Å². The van der Waals surface area contributed by atoms with E-state index >= 15 is 0 Å². The lowest BCUT2D eigenvalue weighted by atomic mass is 10.0. The molecule has 0 spiro atoms. The Morgan fingerprint density at radius 2 is 0.839 bits per heavy atom. The predicted octanol–water partition coefficient (Wildman–Crippen LogP) is 16.2. The van der Waals surface area contributed by atoms with Gasteiger partial charge in [0.15, 0.2) is 0 Å². The minimum absolute atomic E-state index is 0.0601. The highest BCUT2D eigenvalue weighted by Gasteiger charge is 2.24. The van der Waals surface area contributed by atoms with Crippen molar-refractivity contribution >= 4 is 11.9 Å². The molecule has 1 amide bonds. The molecule has 3 N–H and O–H groups in total. The molecule has 0 aromatic carbocycles. The number of carbonyl (C=O) groups excluding carboxylic acids is 2. The van der Waals surface area contributed by atoms with Gasteiger partial charge in [-0.2, -0.15) is 0 Å². The van der Waals surface area contributed by atoms with Crippen LogP contribution in [-0.4, -0.2) is 46.9 Å². The number of aliphatic hydroxyl groups excluding tert-OH is 2. The van der Waals surface area contributed by atoms with Crippen LogP contribution in [0.15, 0.2) is 48.6 Å². The monoisotopic (exact) mass is 870 g/mol. The molecule has 0 aliphatic rings. The predicted molar refractivity (Wildman–Crippen MR) is 269 cm³/mol. The van der Waals surface area contributed by atoms with Gasteiger partial charge < -0.3 is 20.3 Å². The summed E-state index contributed by atoms with van der Waals surface area (Å²) in [4.78, 5) is 26.1. The lowest BCUT2D eigenvalue weighted by molar-refractivity contribution is -0.151. The number of nitrogens with one attached hydrogen (secondary N) is 1. The van der Waals surface area contributed by atoms with Gasteiger partial charge in [-0.05, 0) is 83.5 Å². The van der Waals surface area contributed by atoms with Crippen LogP contribution in [0, 0.1) is 0 Å². The summed E-state index contributed by atoms with van der Waals surface area (Å²) in [7, 11) is 0. The van der Waals surface area contributed by atoms with Crippen LogP contribution in [0.1, 0.15) is 271 Å². The largest absolute Gasteiger partial charge is 0.462 e. The molecule has 0 bridgehead atoms. The van der Waals surface area contributed by atoms with Crippen molar-refractivity contribution in [1.29, 1.82) is 0 Å². The van der Waals surface area contributed by atoms with Gasteiger partial charge in [0.2, 0.25) is 5.91 Å². The maximum Gasteiger partial charge on any atom is 0.306 e. The van der Waals surface area contributed by atoms with Gasteiger partial charge in [0.05, 0.1) is 25.2 Å². The Morgan fingerprint density at radius 3 is 1.34 bits per heavy atom. The fraction of sp³-hybridized carbons (Fsp3) is 0.821. The zero-order valence-corrected chi connectivity index (χ0v) is 41.3. The van der Waals surface area contributed by atoms with Crippen LogP contribution < -0.4 is 5.32 Å². The molecule has 0 aliphatic carbocycles. The number of hydrogen-bond acceptors (Lipinski definition) is 5. The summed E-state index contributed by atoms with van der Waals surface area (Å²) in [5, 5.41) is 23.8. The summed E-state index contributed by atoms with van der Waals surface area (Å²) in [5.74, 6) is -0.501. The second-order valence-electron chi connectivity index (χ2n) is 18.3. The van der Waals surface area contributed by atoms with Crippen LogP contribution in [0.4, 0.5) is 0 Å². The Balaban J connectivity index is 4.59. The van der Waals surface area contributed by atoms with Crippen molar-refractivity contribution in [2.24, 2.45) is 0 Å². The highest BCUT2D eigenvalue weighted by molar-refractivity contribution is 5.77. The molecule has 3 unspecified atom stereocenters. The number of ether oxygens (including phenoxy) is 1.